The predicted octanol–water partition coefficient (Wildman–Crippen LogP) is 2.36. The lowest BCUT2D eigenvalue weighted by Gasteiger charge is -2.12. The van der Waals surface area contributed by atoms with Crippen LogP contribution >= 0.6 is 15.9 Å². The standard InChI is InChI=1S/C16H23BrN6/c1-3-15-22-21-12-23(15)10-9-19-16(18-4-2)20-11-13-5-7-14(17)8-6-13/h5-8,12H,3-4,9-11H2,1-2H3,(H2,18,19,20). The van der Waals surface area contributed by atoms with Crippen LogP contribution in [0.15, 0.2) is 40.1 Å². The Morgan fingerprint density at radius 2 is 2.00 bits per heavy atom. The van der Waals surface area contributed by atoms with Gasteiger partial charge in [0.05, 0.1) is 6.54 Å². The van der Waals surface area contributed by atoms with Crippen molar-refractivity contribution < 1.29 is 0 Å². The Morgan fingerprint density at radius 3 is 2.70 bits per heavy atom. The molecule has 0 fully saturated rings. The molecule has 0 aliphatic heterocycles. The van der Waals surface area contributed by atoms with Crippen molar-refractivity contribution in [3.05, 3.63) is 46.5 Å². The van der Waals surface area contributed by atoms with Crippen LogP contribution in [0.4, 0.5) is 0 Å². The fourth-order valence-corrected chi connectivity index (χ4v) is 2.40. The lowest BCUT2D eigenvalue weighted by molar-refractivity contribution is 0.632. The second-order valence-electron chi connectivity index (χ2n) is 5.04. The molecule has 0 spiro atoms. The first-order valence-electron chi connectivity index (χ1n) is 7.86. The Balaban J connectivity index is 1.87. The van der Waals surface area contributed by atoms with Crippen molar-refractivity contribution in [1.29, 1.82) is 0 Å². The van der Waals surface area contributed by atoms with Crippen molar-refractivity contribution in [1.82, 2.24) is 25.4 Å². The SMILES string of the molecule is CCNC(=NCc1ccc(Br)cc1)NCCn1cnnc1CC. The molecule has 6 nitrogen and oxygen atoms in total. The molecule has 2 aromatic rings. The average molecular weight is 379 g/mol. The molecule has 0 unspecified atom stereocenters. The highest BCUT2D eigenvalue weighted by Gasteiger charge is 2.02. The third-order valence-electron chi connectivity index (χ3n) is 3.33. The smallest absolute Gasteiger partial charge is 0.191 e. The summed E-state index contributed by atoms with van der Waals surface area (Å²) < 4.78 is 3.14. The summed E-state index contributed by atoms with van der Waals surface area (Å²) in [6.45, 7) is 7.22. The first-order chi connectivity index (χ1) is 11.2. The van der Waals surface area contributed by atoms with Crippen LogP contribution in [-0.4, -0.2) is 33.8 Å². The largest absolute Gasteiger partial charge is 0.357 e. The molecule has 0 saturated heterocycles. The average Bonchev–Trinajstić information content (AvgIpc) is 3.01. The molecule has 0 saturated carbocycles. The minimum absolute atomic E-state index is 0.648. The van der Waals surface area contributed by atoms with Crippen molar-refractivity contribution in [3.63, 3.8) is 0 Å². The van der Waals surface area contributed by atoms with Gasteiger partial charge in [-0.25, -0.2) is 4.99 Å². The zero-order valence-corrected chi connectivity index (χ0v) is 15.2. The third-order valence-corrected chi connectivity index (χ3v) is 3.86. The van der Waals surface area contributed by atoms with E-state index in [2.05, 4.69) is 72.3 Å². The summed E-state index contributed by atoms with van der Waals surface area (Å²) in [6, 6.07) is 8.21. The maximum absolute atomic E-state index is 4.61. The highest BCUT2D eigenvalue weighted by molar-refractivity contribution is 9.10. The summed E-state index contributed by atoms with van der Waals surface area (Å²) in [6.07, 6.45) is 2.66. The van der Waals surface area contributed by atoms with Crippen LogP contribution in [0.1, 0.15) is 25.2 Å². The van der Waals surface area contributed by atoms with E-state index in [9.17, 15) is 0 Å². The van der Waals surface area contributed by atoms with Gasteiger partial charge in [0.2, 0.25) is 0 Å². The highest BCUT2D eigenvalue weighted by Crippen LogP contribution is 2.11. The fraction of sp³-hybridized carbons (Fsp3) is 0.438. The molecule has 0 atom stereocenters. The molecule has 124 valence electrons. The van der Waals surface area contributed by atoms with Gasteiger partial charge in [-0.3, -0.25) is 0 Å². The monoisotopic (exact) mass is 378 g/mol. The predicted molar refractivity (Wildman–Crippen MR) is 96.4 cm³/mol. The van der Waals surface area contributed by atoms with Crippen molar-refractivity contribution in [2.75, 3.05) is 13.1 Å². The highest BCUT2D eigenvalue weighted by atomic mass is 79.9. The zero-order chi connectivity index (χ0) is 16.5. The van der Waals surface area contributed by atoms with Gasteiger partial charge in [-0.2, -0.15) is 0 Å². The molecule has 2 N–H and O–H groups in total. The van der Waals surface area contributed by atoms with E-state index in [1.165, 1.54) is 5.56 Å². The summed E-state index contributed by atoms with van der Waals surface area (Å²) in [5.41, 5.74) is 1.18. The topological polar surface area (TPSA) is 67.1 Å². The van der Waals surface area contributed by atoms with Gasteiger partial charge in [0, 0.05) is 30.5 Å². The first-order valence-corrected chi connectivity index (χ1v) is 8.65. The Labute approximate surface area is 145 Å². The number of rotatable bonds is 7. The number of hydrogen-bond donors (Lipinski definition) is 2. The van der Waals surface area contributed by atoms with E-state index in [-0.39, 0.29) is 0 Å². The fourth-order valence-electron chi connectivity index (χ4n) is 2.14. The molecule has 7 heteroatoms. The second kappa shape index (κ2) is 9.29. The van der Waals surface area contributed by atoms with Crippen LogP contribution in [0.2, 0.25) is 0 Å². The zero-order valence-electron chi connectivity index (χ0n) is 13.6. The molecule has 0 radical (unpaired) electrons. The van der Waals surface area contributed by atoms with E-state index in [4.69, 9.17) is 0 Å². The van der Waals surface area contributed by atoms with Crippen LogP contribution in [0.25, 0.3) is 0 Å². The van der Waals surface area contributed by atoms with Gasteiger partial charge in [-0.05, 0) is 24.6 Å². The van der Waals surface area contributed by atoms with Gasteiger partial charge < -0.3 is 15.2 Å². The van der Waals surface area contributed by atoms with E-state index in [1.54, 1.807) is 6.33 Å². The van der Waals surface area contributed by atoms with Gasteiger partial charge in [0.15, 0.2) is 5.96 Å². The van der Waals surface area contributed by atoms with Crippen LogP contribution < -0.4 is 10.6 Å². The maximum Gasteiger partial charge on any atom is 0.191 e. The van der Waals surface area contributed by atoms with Gasteiger partial charge in [0.1, 0.15) is 12.2 Å². The lowest BCUT2D eigenvalue weighted by Crippen LogP contribution is -2.38. The Bertz CT molecular complexity index is 620. The van der Waals surface area contributed by atoms with Crippen LogP contribution in [0.3, 0.4) is 0 Å². The van der Waals surface area contributed by atoms with E-state index in [0.717, 1.165) is 42.3 Å². The minimum atomic E-state index is 0.648. The summed E-state index contributed by atoms with van der Waals surface area (Å²) in [7, 11) is 0. The summed E-state index contributed by atoms with van der Waals surface area (Å²) in [5.74, 6) is 1.82. The molecule has 0 aliphatic rings. The number of aryl methyl sites for hydroxylation is 1. The number of nitrogens with one attached hydrogen (secondary N) is 2. The number of hydrogen-bond acceptors (Lipinski definition) is 3. The number of benzene rings is 1. The van der Waals surface area contributed by atoms with Crippen LogP contribution in [0.5, 0.6) is 0 Å². The molecule has 1 aromatic carbocycles. The number of halogens is 1. The van der Waals surface area contributed by atoms with Gasteiger partial charge >= 0.3 is 0 Å². The van der Waals surface area contributed by atoms with Gasteiger partial charge in [0.25, 0.3) is 0 Å². The molecule has 2 rings (SSSR count). The van der Waals surface area contributed by atoms with Crippen molar-refractivity contribution >= 4 is 21.9 Å². The summed E-state index contributed by atoms with van der Waals surface area (Å²) in [4.78, 5) is 4.61. The van der Waals surface area contributed by atoms with Crippen molar-refractivity contribution in [2.24, 2.45) is 4.99 Å². The van der Waals surface area contributed by atoms with E-state index in [1.807, 2.05) is 12.1 Å². The van der Waals surface area contributed by atoms with Gasteiger partial charge in [-0.15, -0.1) is 10.2 Å². The Kier molecular flexibility index (Phi) is 7.06. The summed E-state index contributed by atoms with van der Waals surface area (Å²) in [5, 5.41) is 14.6. The number of nitrogens with zero attached hydrogens (tertiary/aromatic N) is 4. The van der Waals surface area contributed by atoms with Crippen molar-refractivity contribution in [2.45, 2.75) is 33.4 Å². The molecule has 0 aliphatic carbocycles. The molecule has 1 aromatic heterocycles. The van der Waals surface area contributed by atoms with Gasteiger partial charge in [-0.1, -0.05) is 35.0 Å². The maximum atomic E-state index is 4.61. The minimum Gasteiger partial charge on any atom is -0.357 e. The number of guanidine groups is 1. The lowest BCUT2D eigenvalue weighted by atomic mass is 10.2. The first kappa shape index (κ1) is 17.5. The van der Waals surface area contributed by atoms with E-state index >= 15 is 0 Å². The number of aliphatic imine (C=N–C) groups is 1. The third kappa shape index (κ3) is 5.67. The van der Waals surface area contributed by atoms with E-state index in [0.29, 0.717) is 6.54 Å². The molecule has 1 heterocycles. The quantitative estimate of drug-likeness (QED) is 0.573. The second-order valence-corrected chi connectivity index (χ2v) is 5.96. The number of aromatic nitrogens is 3. The molecule has 0 amide bonds. The van der Waals surface area contributed by atoms with Crippen LogP contribution in [-0.2, 0) is 19.5 Å². The van der Waals surface area contributed by atoms with Crippen molar-refractivity contribution in [3.8, 4) is 0 Å². The van der Waals surface area contributed by atoms with Crippen LogP contribution in [0, 0.1) is 0 Å². The Morgan fingerprint density at radius 1 is 1.22 bits per heavy atom. The normalized spacial score (nSPS) is 11.5. The molecule has 23 heavy (non-hydrogen) atoms. The Hall–Kier alpha value is -1.89. The summed E-state index contributed by atoms with van der Waals surface area (Å²) >= 11 is 3.44. The molecular weight excluding hydrogens is 356 g/mol. The van der Waals surface area contributed by atoms with E-state index < -0.39 is 0 Å². The molecule has 0 bridgehead atoms. The molecular formula is C16H23BrN6.